The molecule has 0 aromatic heterocycles. The molecule has 1 heterocycles. The van der Waals surface area contributed by atoms with E-state index in [-0.39, 0.29) is 17.1 Å². The summed E-state index contributed by atoms with van der Waals surface area (Å²) in [4.78, 5) is 4.68. The number of hydrogen-bond donors (Lipinski definition) is 1. The highest BCUT2D eigenvalue weighted by molar-refractivity contribution is 7.89. The van der Waals surface area contributed by atoms with Crippen LogP contribution < -0.4 is 5.73 Å². The molecule has 0 saturated carbocycles. The standard InChI is InChI=1S/C9H11FN2O3S/c10-7-2-3-8(11)9(6-7)16(13,14)12-4-1-5-15-12/h2-3,6H,1,4-5,11H2. The average Bonchev–Trinajstić information content (AvgIpc) is 2.75. The molecule has 0 aliphatic carbocycles. The minimum Gasteiger partial charge on any atom is -0.398 e. The number of hydrogen-bond acceptors (Lipinski definition) is 4. The topological polar surface area (TPSA) is 72.6 Å². The highest BCUT2D eigenvalue weighted by Gasteiger charge is 2.30. The number of rotatable bonds is 2. The molecule has 1 aliphatic rings. The highest BCUT2D eigenvalue weighted by Crippen LogP contribution is 2.25. The van der Waals surface area contributed by atoms with Gasteiger partial charge in [0.1, 0.15) is 10.7 Å². The third-order valence-electron chi connectivity index (χ3n) is 2.24. The average molecular weight is 246 g/mol. The van der Waals surface area contributed by atoms with Gasteiger partial charge in [0.25, 0.3) is 10.0 Å². The van der Waals surface area contributed by atoms with Gasteiger partial charge in [-0.05, 0) is 24.6 Å². The van der Waals surface area contributed by atoms with Crippen LogP contribution in [0.25, 0.3) is 0 Å². The van der Waals surface area contributed by atoms with Gasteiger partial charge in [-0.2, -0.15) is 0 Å². The summed E-state index contributed by atoms with van der Waals surface area (Å²) in [6.07, 6.45) is 0.619. The Kier molecular flexibility index (Phi) is 2.83. The van der Waals surface area contributed by atoms with E-state index >= 15 is 0 Å². The maximum absolute atomic E-state index is 13.0. The Balaban J connectivity index is 2.46. The summed E-state index contributed by atoms with van der Waals surface area (Å²) in [5.74, 6) is -0.646. The van der Waals surface area contributed by atoms with Crippen LogP contribution in [-0.4, -0.2) is 26.0 Å². The van der Waals surface area contributed by atoms with Crippen molar-refractivity contribution < 1.29 is 17.6 Å². The lowest BCUT2D eigenvalue weighted by molar-refractivity contribution is -0.0284. The van der Waals surface area contributed by atoms with Gasteiger partial charge in [0.15, 0.2) is 0 Å². The third kappa shape index (κ3) is 1.89. The first-order valence-electron chi connectivity index (χ1n) is 4.72. The molecule has 16 heavy (non-hydrogen) atoms. The zero-order chi connectivity index (χ0) is 11.8. The molecular formula is C9H11FN2O3S. The van der Waals surface area contributed by atoms with Crippen LogP contribution in [0.1, 0.15) is 6.42 Å². The van der Waals surface area contributed by atoms with Gasteiger partial charge in [-0.3, -0.25) is 4.84 Å². The fraction of sp³-hybridized carbons (Fsp3) is 0.333. The molecule has 2 N–H and O–H groups in total. The van der Waals surface area contributed by atoms with Crippen LogP contribution in [0.2, 0.25) is 0 Å². The number of sulfonamides is 1. The molecule has 88 valence electrons. The maximum Gasteiger partial charge on any atom is 0.267 e. The summed E-state index contributed by atoms with van der Waals surface area (Å²) in [5, 5.41) is 0. The van der Waals surface area contributed by atoms with E-state index < -0.39 is 15.8 Å². The minimum atomic E-state index is -3.85. The number of nitrogens with zero attached hydrogens (tertiary/aromatic N) is 1. The summed E-state index contributed by atoms with van der Waals surface area (Å²) in [6.45, 7) is 0.604. The molecular weight excluding hydrogens is 235 g/mol. The first kappa shape index (κ1) is 11.3. The van der Waals surface area contributed by atoms with Crippen molar-refractivity contribution >= 4 is 15.7 Å². The monoisotopic (exact) mass is 246 g/mol. The second-order valence-corrected chi connectivity index (χ2v) is 5.20. The number of nitrogen functional groups attached to an aromatic ring is 1. The summed E-state index contributed by atoms with van der Waals surface area (Å²) in [5.41, 5.74) is 5.53. The van der Waals surface area contributed by atoms with Crippen molar-refractivity contribution in [2.45, 2.75) is 11.3 Å². The summed E-state index contributed by atoms with van der Waals surface area (Å²) in [6, 6.07) is 3.23. The first-order valence-corrected chi connectivity index (χ1v) is 6.16. The van der Waals surface area contributed by atoms with Crippen LogP contribution in [-0.2, 0) is 14.9 Å². The van der Waals surface area contributed by atoms with Gasteiger partial charge in [-0.25, -0.2) is 12.8 Å². The molecule has 1 fully saturated rings. The molecule has 1 aliphatic heterocycles. The smallest absolute Gasteiger partial charge is 0.267 e. The minimum absolute atomic E-state index is 0.0110. The van der Waals surface area contributed by atoms with Crippen molar-refractivity contribution in [3.05, 3.63) is 24.0 Å². The molecule has 0 spiro atoms. The molecule has 7 heteroatoms. The van der Waals surface area contributed by atoms with E-state index in [1.807, 2.05) is 0 Å². The molecule has 0 unspecified atom stereocenters. The molecule has 1 aromatic rings. The molecule has 0 atom stereocenters. The van der Waals surface area contributed by atoms with Gasteiger partial charge in [-0.1, -0.05) is 4.47 Å². The molecule has 0 amide bonds. The first-order chi connectivity index (χ1) is 7.51. The van der Waals surface area contributed by atoms with Crippen molar-refractivity contribution in [3.8, 4) is 0 Å². The van der Waals surface area contributed by atoms with Gasteiger partial charge in [-0.15, -0.1) is 0 Å². The maximum atomic E-state index is 13.0. The number of benzene rings is 1. The van der Waals surface area contributed by atoms with Gasteiger partial charge >= 0.3 is 0 Å². The van der Waals surface area contributed by atoms with E-state index in [1.165, 1.54) is 6.07 Å². The van der Waals surface area contributed by atoms with Crippen LogP contribution in [0.5, 0.6) is 0 Å². The van der Waals surface area contributed by atoms with Gasteiger partial charge < -0.3 is 5.73 Å². The summed E-state index contributed by atoms with van der Waals surface area (Å²) >= 11 is 0. The fourth-order valence-electron chi connectivity index (χ4n) is 1.46. The Morgan fingerprint density at radius 1 is 1.44 bits per heavy atom. The SMILES string of the molecule is Nc1ccc(F)cc1S(=O)(=O)N1CCCO1. The summed E-state index contributed by atoms with van der Waals surface area (Å²) < 4.78 is 37.8. The number of hydroxylamine groups is 1. The van der Waals surface area contributed by atoms with Gasteiger partial charge in [0, 0.05) is 6.54 Å². The lowest BCUT2D eigenvalue weighted by Crippen LogP contribution is -2.27. The van der Waals surface area contributed by atoms with E-state index in [4.69, 9.17) is 10.6 Å². The highest BCUT2D eigenvalue weighted by atomic mass is 32.2. The molecule has 0 bridgehead atoms. The van der Waals surface area contributed by atoms with E-state index in [0.29, 0.717) is 13.0 Å². The third-order valence-corrected chi connectivity index (χ3v) is 3.98. The van der Waals surface area contributed by atoms with Crippen LogP contribution in [0.3, 0.4) is 0 Å². The van der Waals surface area contributed by atoms with Crippen LogP contribution in [0, 0.1) is 5.82 Å². The normalized spacial score (nSPS) is 17.8. The Morgan fingerprint density at radius 2 is 2.19 bits per heavy atom. The Morgan fingerprint density at radius 3 is 2.81 bits per heavy atom. The number of anilines is 1. The Labute approximate surface area is 92.6 Å². The van der Waals surface area contributed by atoms with E-state index in [0.717, 1.165) is 16.6 Å². The largest absolute Gasteiger partial charge is 0.398 e. The van der Waals surface area contributed by atoms with Crippen LogP contribution in [0.4, 0.5) is 10.1 Å². The summed E-state index contributed by atoms with van der Waals surface area (Å²) in [7, 11) is -3.85. The van der Waals surface area contributed by atoms with Crippen molar-refractivity contribution in [1.82, 2.24) is 4.47 Å². The molecule has 1 saturated heterocycles. The second kappa shape index (κ2) is 4.00. The van der Waals surface area contributed by atoms with Crippen molar-refractivity contribution in [2.24, 2.45) is 0 Å². The second-order valence-electron chi connectivity index (χ2n) is 3.40. The number of nitrogens with two attached hydrogens (primary N) is 1. The zero-order valence-electron chi connectivity index (χ0n) is 8.39. The van der Waals surface area contributed by atoms with Gasteiger partial charge in [0.2, 0.25) is 0 Å². The van der Waals surface area contributed by atoms with E-state index in [2.05, 4.69) is 0 Å². The molecule has 2 rings (SSSR count). The zero-order valence-corrected chi connectivity index (χ0v) is 9.21. The fourth-order valence-corrected chi connectivity index (χ4v) is 2.88. The molecule has 5 nitrogen and oxygen atoms in total. The lowest BCUT2D eigenvalue weighted by Gasteiger charge is -2.15. The lowest BCUT2D eigenvalue weighted by atomic mass is 10.3. The van der Waals surface area contributed by atoms with Crippen LogP contribution in [0.15, 0.2) is 23.1 Å². The Bertz CT molecular complexity index is 497. The Hall–Kier alpha value is -1.18. The van der Waals surface area contributed by atoms with E-state index in [9.17, 15) is 12.8 Å². The molecule has 1 aromatic carbocycles. The van der Waals surface area contributed by atoms with Gasteiger partial charge in [0.05, 0.1) is 12.3 Å². The molecule has 0 radical (unpaired) electrons. The van der Waals surface area contributed by atoms with Crippen molar-refractivity contribution in [1.29, 1.82) is 0 Å². The predicted octanol–water partition coefficient (Wildman–Crippen LogP) is 0.734. The predicted molar refractivity (Wildman–Crippen MR) is 55.3 cm³/mol. The number of halogens is 1. The van der Waals surface area contributed by atoms with Crippen LogP contribution >= 0.6 is 0 Å². The van der Waals surface area contributed by atoms with Crippen molar-refractivity contribution in [2.75, 3.05) is 18.9 Å². The quantitative estimate of drug-likeness (QED) is 0.781. The van der Waals surface area contributed by atoms with Crippen molar-refractivity contribution in [3.63, 3.8) is 0 Å². The van der Waals surface area contributed by atoms with E-state index in [1.54, 1.807) is 0 Å².